The summed E-state index contributed by atoms with van der Waals surface area (Å²) < 4.78 is 6.42. The number of nitrogens with one attached hydrogen (secondary N) is 2. The van der Waals surface area contributed by atoms with Crippen molar-refractivity contribution in [1.29, 1.82) is 0 Å². The Bertz CT molecular complexity index is 489. The second kappa shape index (κ2) is 5.48. The van der Waals surface area contributed by atoms with E-state index in [0.29, 0.717) is 19.7 Å². The Morgan fingerprint density at radius 3 is 3.16 bits per heavy atom. The Morgan fingerprint density at radius 2 is 2.37 bits per heavy atom. The highest BCUT2D eigenvalue weighted by molar-refractivity contribution is 9.10. The molecule has 6 heteroatoms. The number of halogens is 1. The van der Waals surface area contributed by atoms with Gasteiger partial charge in [-0.05, 0) is 18.2 Å². The summed E-state index contributed by atoms with van der Waals surface area (Å²) in [5, 5.41) is 6.52. The van der Waals surface area contributed by atoms with Crippen LogP contribution >= 0.6 is 15.9 Å². The average molecular weight is 326 g/mol. The molecule has 1 aromatic rings. The monoisotopic (exact) mass is 325 g/mol. The van der Waals surface area contributed by atoms with Gasteiger partial charge < -0.3 is 20.3 Å². The number of hydrogen-bond acceptors (Lipinski definition) is 4. The molecule has 0 saturated carbocycles. The Kier molecular flexibility index (Phi) is 3.72. The van der Waals surface area contributed by atoms with Crippen LogP contribution in [0.25, 0.3) is 0 Å². The smallest absolute Gasteiger partial charge is 0.246 e. The van der Waals surface area contributed by atoms with Crippen molar-refractivity contribution < 1.29 is 9.53 Å². The van der Waals surface area contributed by atoms with Crippen molar-refractivity contribution >= 4 is 33.2 Å². The summed E-state index contributed by atoms with van der Waals surface area (Å²) in [5.41, 5.74) is 1.93. The number of hydrogen-bond donors (Lipinski definition) is 2. The molecule has 1 aromatic carbocycles. The van der Waals surface area contributed by atoms with Crippen LogP contribution in [0, 0.1) is 0 Å². The molecule has 2 aliphatic heterocycles. The van der Waals surface area contributed by atoms with Crippen LogP contribution in [0.4, 0.5) is 11.4 Å². The molecule has 5 nitrogen and oxygen atoms in total. The highest BCUT2D eigenvalue weighted by atomic mass is 79.9. The van der Waals surface area contributed by atoms with Gasteiger partial charge in [0.1, 0.15) is 0 Å². The van der Waals surface area contributed by atoms with Gasteiger partial charge in [0, 0.05) is 23.6 Å². The number of ether oxygens (including phenoxy) is 1. The lowest BCUT2D eigenvalue weighted by atomic mass is 10.1. The normalized spacial score (nSPS) is 22.9. The Hall–Kier alpha value is -1.11. The molecule has 3 rings (SSSR count). The van der Waals surface area contributed by atoms with Crippen LogP contribution in [0.3, 0.4) is 0 Å². The molecule has 19 heavy (non-hydrogen) atoms. The van der Waals surface area contributed by atoms with E-state index in [1.165, 1.54) is 0 Å². The van der Waals surface area contributed by atoms with Crippen molar-refractivity contribution in [3.8, 4) is 0 Å². The molecule has 0 aromatic heterocycles. The van der Waals surface area contributed by atoms with E-state index >= 15 is 0 Å². The van der Waals surface area contributed by atoms with E-state index in [0.717, 1.165) is 29.0 Å². The summed E-state index contributed by atoms with van der Waals surface area (Å²) in [4.78, 5) is 14.0. The van der Waals surface area contributed by atoms with Crippen molar-refractivity contribution in [1.82, 2.24) is 5.32 Å². The predicted octanol–water partition coefficient (Wildman–Crippen LogP) is 1.20. The van der Waals surface area contributed by atoms with Crippen molar-refractivity contribution in [3.05, 3.63) is 22.7 Å². The molecule has 102 valence electrons. The maximum absolute atomic E-state index is 12.1. The lowest BCUT2D eigenvalue weighted by molar-refractivity contribution is -0.117. The van der Waals surface area contributed by atoms with Gasteiger partial charge in [-0.15, -0.1) is 0 Å². The summed E-state index contributed by atoms with van der Waals surface area (Å²) in [6, 6.07) is 6.14. The number of carbonyl (C=O) groups excluding carboxylic acids is 1. The van der Waals surface area contributed by atoms with Crippen LogP contribution in [0.15, 0.2) is 22.7 Å². The van der Waals surface area contributed by atoms with Gasteiger partial charge in [-0.1, -0.05) is 15.9 Å². The highest BCUT2D eigenvalue weighted by Crippen LogP contribution is 2.32. The fourth-order valence-corrected chi connectivity index (χ4v) is 2.78. The third-order valence-corrected chi connectivity index (χ3v) is 3.88. The number of rotatable bonds is 2. The van der Waals surface area contributed by atoms with Crippen LogP contribution in [0.5, 0.6) is 0 Å². The molecule has 1 saturated heterocycles. The van der Waals surface area contributed by atoms with Gasteiger partial charge in [0.05, 0.1) is 31.1 Å². The standard InChI is InChI=1S/C13H16BrN3O2/c14-9-1-2-11-12(5-9)17(13(18)6-16-11)7-10-8-19-4-3-15-10/h1-2,5,10,15-16H,3-4,6-8H2. The molecule has 2 heterocycles. The SMILES string of the molecule is O=C1CNc2ccc(Br)cc2N1CC1COCCN1. The first kappa shape index (κ1) is 12.9. The van der Waals surface area contributed by atoms with E-state index in [4.69, 9.17) is 4.74 Å². The lowest BCUT2D eigenvalue weighted by Gasteiger charge is -2.34. The maximum atomic E-state index is 12.1. The van der Waals surface area contributed by atoms with Crippen molar-refractivity contribution in [2.75, 3.05) is 43.1 Å². The largest absolute Gasteiger partial charge is 0.378 e. The van der Waals surface area contributed by atoms with Crippen LogP contribution in [0.1, 0.15) is 0 Å². The van der Waals surface area contributed by atoms with Gasteiger partial charge in [0.15, 0.2) is 0 Å². The Morgan fingerprint density at radius 1 is 1.47 bits per heavy atom. The van der Waals surface area contributed by atoms with Gasteiger partial charge in [-0.25, -0.2) is 0 Å². The van der Waals surface area contributed by atoms with E-state index in [9.17, 15) is 4.79 Å². The summed E-state index contributed by atoms with van der Waals surface area (Å²) in [6.45, 7) is 3.23. The number of carbonyl (C=O) groups is 1. The van der Waals surface area contributed by atoms with Crippen molar-refractivity contribution in [3.63, 3.8) is 0 Å². The summed E-state index contributed by atoms with van der Waals surface area (Å²) in [7, 11) is 0. The Balaban J connectivity index is 1.83. The number of anilines is 2. The third-order valence-electron chi connectivity index (χ3n) is 3.38. The van der Waals surface area contributed by atoms with Crippen LogP contribution in [-0.2, 0) is 9.53 Å². The number of nitrogens with zero attached hydrogens (tertiary/aromatic N) is 1. The minimum Gasteiger partial charge on any atom is -0.378 e. The molecule has 1 fully saturated rings. The first-order valence-electron chi connectivity index (χ1n) is 6.39. The molecule has 0 bridgehead atoms. The topological polar surface area (TPSA) is 53.6 Å². The first-order valence-corrected chi connectivity index (χ1v) is 7.18. The van der Waals surface area contributed by atoms with Crippen molar-refractivity contribution in [2.45, 2.75) is 6.04 Å². The van der Waals surface area contributed by atoms with Crippen molar-refractivity contribution in [2.24, 2.45) is 0 Å². The predicted molar refractivity (Wildman–Crippen MR) is 77.6 cm³/mol. The molecule has 0 aliphatic carbocycles. The van der Waals surface area contributed by atoms with Gasteiger partial charge in [-0.2, -0.15) is 0 Å². The van der Waals surface area contributed by atoms with E-state index < -0.39 is 0 Å². The zero-order valence-electron chi connectivity index (χ0n) is 10.5. The third kappa shape index (κ3) is 2.75. The molecule has 0 radical (unpaired) electrons. The fourth-order valence-electron chi connectivity index (χ4n) is 2.44. The first-order chi connectivity index (χ1) is 9.24. The minimum absolute atomic E-state index is 0.0953. The number of morpholine rings is 1. The number of amides is 1. The molecular formula is C13H16BrN3O2. The summed E-state index contributed by atoms with van der Waals surface area (Å²) >= 11 is 3.46. The van der Waals surface area contributed by atoms with E-state index in [2.05, 4.69) is 26.6 Å². The Labute approximate surface area is 120 Å². The van der Waals surface area contributed by atoms with Crippen LogP contribution < -0.4 is 15.5 Å². The average Bonchev–Trinajstić information content (AvgIpc) is 2.43. The molecule has 2 aliphatic rings. The number of fused-ring (bicyclic) bond motifs is 1. The van der Waals surface area contributed by atoms with Crippen LogP contribution in [0.2, 0.25) is 0 Å². The molecule has 0 spiro atoms. The van der Waals surface area contributed by atoms with Crippen LogP contribution in [-0.4, -0.2) is 44.8 Å². The zero-order valence-corrected chi connectivity index (χ0v) is 12.1. The molecular weight excluding hydrogens is 310 g/mol. The van der Waals surface area contributed by atoms with E-state index in [1.54, 1.807) is 0 Å². The maximum Gasteiger partial charge on any atom is 0.246 e. The molecule has 1 atom stereocenters. The number of benzene rings is 1. The van der Waals surface area contributed by atoms with Gasteiger partial charge in [0.25, 0.3) is 0 Å². The molecule has 2 N–H and O–H groups in total. The van der Waals surface area contributed by atoms with Gasteiger partial charge >= 0.3 is 0 Å². The molecule has 1 unspecified atom stereocenters. The summed E-state index contributed by atoms with van der Waals surface area (Å²) in [5.74, 6) is 0.0953. The second-order valence-corrected chi connectivity index (χ2v) is 5.66. The van der Waals surface area contributed by atoms with E-state index in [1.807, 2.05) is 23.1 Å². The second-order valence-electron chi connectivity index (χ2n) is 4.75. The highest BCUT2D eigenvalue weighted by Gasteiger charge is 2.27. The lowest BCUT2D eigenvalue weighted by Crippen LogP contribution is -2.52. The van der Waals surface area contributed by atoms with Gasteiger partial charge in [-0.3, -0.25) is 4.79 Å². The molecule has 1 amide bonds. The zero-order chi connectivity index (χ0) is 13.2. The fraction of sp³-hybridized carbons (Fsp3) is 0.462. The van der Waals surface area contributed by atoms with Gasteiger partial charge in [0.2, 0.25) is 5.91 Å². The van der Waals surface area contributed by atoms with E-state index in [-0.39, 0.29) is 11.9 Å². The summed E-state index contributed by atoms with van der Waals surface area (Å²) in [6.07, 6.45) is 0. The minimum atomic E-state index is 0.0953. The quantitative estimate of drug-likeness (QED) is 0.857.